The van der Waals surface area contributed by atoms with Gasteiger partial charge in [-0.25, -0.2) is 4.98 Å². The van der Waals surface area contributed by atoms with Crippen molar-refractivity contribution in [2.24, 2.45) is 0 Å². The molecule has 0 saturated heterocycles. The topological polar surface area (TPSA) is 79.5 Å². The van der Waals surface area contributed by atoms with Crippen LogP contribution in [0.1, 0.15) is 23.7 Å². The van der Waals surface area contributed by atoms with E-state index in [0.717, 1.165) is 11.1 Å². The fourth-order valence-corrected chi connectivity index (χ4v) is 3.24. The van der Waals surface area contributed by atoms with E-state index in [4.69, 9.17) is 0 Å². The first-order valence-electron chi connectivity index (χ1n) is 6.87. The summed E-state index contributed by atoms with van der Waals surface area (Å²) in [6.45, 7) is 1.23. The van der Waals surface area contributed by atoms with Crippen molar-refractivity contribution in [1.29, 1.82) is 0 Å². The zero-order valence-corrected chi connectivity index (χ0v) is 13.2. The largest absolute Gasteiger partial charge is 0.388 e. The quantitative estimate of drug-likeness (QED) is 0.654. The van der Waals surface area contributed by atoms with Crippen molar-refractivity contribution >= 4 is 27.4 Å². The molecule has 6 nitrogen and oxygen atoms in total. The van der Waals surface area contributed by atoms with Gasteiger partial charge < -0.3 is 10.0 Å². The molecular formula is C15H14BrN3O3. The number of fused-ring (bicyclic) bond motifs is 1. The Bertz CT molecular complexity index is 723. The average molecular weight is 364 g/mol. The minimum atomic E-state index is -0.502. The smallest absolute Gasteiger partial charge is 0.288 e. The highest BCUT2D eigenvalue weighted by Gasteiger charge is 2.23. The van der Waals surface area contributed by atoms with Gasteiger partial charge in [-0.3, -0.25) is 10.1 Å². The summed E-state index contributed by atoms with van der Waals surface area (Å²) in [6.07, 6.45) is 1.34. The molecule has 0 aliphatic carbocycles. The van der Waals surface area contributed by atoms with Crippen molar-refractivity contribution in [3.63, 3.8) is 0 Å². The minimum absolute atomic E-state index is 0.0501. The van der Waals surface area contributed by atoms with Gasteiger partial charge in [-0.15, -0.1) is 0 Å². The Balaban J connectivity index is 1.95. The van der Waals surface area contributed by atoms with E-state index < -0.39 is 11.0 Å². The van der Waals surface area contributed by atoms with Crippen molar-refractivity contribution in [1.82, 2.24) is 4.98 Å². The van der Waals surface area contributed by atoms with Gasteiger partial charge in [0.2, 0.25) is 0 Å². The maximum Gasteiger partial charge on any atom is 0.288 e. The van der Waals surface area contributed by atoms with Crippen LogP contribution in [-0.2, 0) is 6.54 Å². The van der Waals surface area contributed by atoms with Crippen molar-refractivity contribution in [2.45, 2.75) is 19.1 Å². The Hall–Kier alpha value is -1.99. The third kappa shape index (κ3) is 2.82. The van der Waals surface area contributed by atoms with Crippen LogP contribution in [0.3, 0.4) is 0 Å². The SMILES string of the molecule is O=[N+]([O-])c1cnc(N2CC[C@H](O)c3ccccc3C2)c(Br)c1. The average Bonchev–Trinajstić information content (AvgIpc) is 2.67. The number of hydrogen-bond acceptors (Lipinski definition) is 5. The number of aliphatic hydroxyl groups excluding tert-OH is 1. The second-order valence-electron chi connectivity index (χ2n) is 5.18. The second-order valence-corrected chi connectivity index (χ2v) is 6.04. The van der Waals surface area contributed by atoms with Gasteiger partial charge in [-0.05, 0) is 33.5 Å². The molecular weight excluding hydrogens is 350 g/mol. The summed E-state index contributed by atoms with van der Waals surface area (Å²) >= 11 is 3.36. The van der Waals surface area contributed by atoms with Crippen molar-refractivity contribution < 1.29 is 10.0 Å². The Morgan fingerprint density at radius 3 is 2.91 bits per heavy atom. The first-order valence-corrected chi connectivity index (χ1v) is 7.66. The van der Waals surface area contributed by atoms with Crippen LogP contribution in [0.4, 0.5) is 11.5 Å². The number of halogens is 1. The van der Waals surface area contributed by atoms with E-state index >= 15 is 0 Å². The number of benzene rings is 1. The third-order valence-electron chi connectivity index (χ3n) is 3.77. The maximum atomic E-state index is 10.8. The van der Waals surface area contributed by atoms with Gasteiger partial charge in [-0.1, -0.05) is 24.3 Å². The van der Waals surface area contributed by atoms with Gasteiger partial charge in [0.15, 0.2) is 0 Å². The standard InChI is InChI=1S/C15H14BrN3O3/c16-13-7-11(19(21)22)8-17-15(13)18-6-5-14(20)12-4-2-1-3-10(12)9-18/h1-4,7-8,14,20H,5-6,9H2/t14-/m0/s1. The number of aromatic nitrogens is 1. The number of nitrogens with zero attached hydrogens (tertiary/aromatic N) is 3. The van der Waals surface area contributed by atoms with E-state index in [-0.39, 0.29) is 5.69 Å². The Morgan fingerprint density at radius 1 is 1.41 bits per heavy atom. The summed E-state index contributed by atoms with van der Waals surface area (Å²) in [4.78, 5) is 16.6. The highest BCUT2D eigenvalue weighted by Crippen LogP contribution is 2.33. The van der Waals surface area contributed by atoms with Gasteiger partial charge in [0.1, 0.15) is 12.0 Å². The molecule has 0 unspecified atom stereocenters. The van der Waals surface area contributed by atoms with Gasteiger partial charge >= 0.3 is 0 Å². The molecule has 2 heterocycles. The predicted molar refractivity (Wildman–Crippen MR) is 85.7 cm³/mol. The molecule has 2 aromatic rings. The molecule has 1 N–H and O–H groups in total. The fraction of sp³-hybridized carbons (Fsp3) is 0.267. The Morgan fingerprint density at radius 2 is 2.18 bits per heavy atom. The number of aliphatic hydroxyl groups is 1. The van der Waals surface area contributed by atoms with Gasteiger partial charge in [-0.2, -0.15) is 0 Å². The van der Waals surface area contributed by atoms with Crippen LogP contribution in [0.25, 0.3) is 0 Å². The van der Waals surface area contributed by atoms with Crippen molar-refractivity contribution in [3.05, 3.63) is 62.2 Å². The number of rotatable bonds is 2. The fourth-order valence-electron chi connectivity index (χ4n) is 2.66. The normalized spacial score (nSPS) is 17.7. The molecule has 0 amide bonds. The van der Waals surface area contributed by atoms with Gasteiger partial charge in [0, 0.05) is 19.2 Å². The molecule has 22 heavy (non-hydrogen) atoms. The molecule has 1 aliphatic rings. The molecule has 0 radical (unpaired) electrons. The minimum Gasteiger partial charge on any atom is -0.388 e. The summed E-state index contributed by atoms with van der Waals surface area (Å²) in [7, 11) is 0. The summed E-state index contributed by atoms with van der Waals surface area (Å²) in [5.74, 6) is 0.648. The van der Waals surface area contributed by atoms with E-state index in [0.29, 0.717) is 29.8 Å². The summed E-state index contributed by atoms with van der Waals surface area (Å²) in [5.41, 5.74) is 1.92. The van der Waals surface area contributed by atoms with Crippen molar-refractivity contribution in [3.8, 4) is 0 Å². The van der Waals surface area contributed by atoms with E-state index in [1.54, 1.807) is 0 Å². The lowest BCUT2D eigenvalue weighted by molar-refractivity contribution is -0.385. The molecule has 3 rings (SSSR count). The van der Waals surface area contributed by atoms with E-state index in [1.807, 2.05) is 29.2 Å². The van der Waals surface area contributed by atoms with Crippen LogP contribution >= 0.6 is 15.9 Å². The van der Waals surface area contributed by atoms with Crippen LogP contribution in [0.5, 0.6) is 0 Å². The van der Waals surface area contributed by atoms with E-state index in [2.05, 4.69) is 20.9 Å². The van der Waals surface area contributed by atoms with Gasteiger partial charge in [0.05, 0.1) is 15.5 Å². The molecule has 0 spiro atoms. The molecule has 1 aliphatic heterocycles. The lowest BCUT2D eigenvalue weighted by Crippen LogP contribution is -2.24. The van der Waals surface area contributed by atoms with Crippen LogP contribution in [0.2, 0.25) is 0 Å². The third-order valence-corrected chi connectivity index (χ3v) is 4.35. The zero-order valence-electron chi connectivity index (χ0n) is 11.6. The monoisotopic (exact) mass is 363 g/mol. The molecule has 7 heteroatoms. The summed E-state index contributed by atoms with van der Waals surface area (Å²) in [5, 5.41) is 21.0. The number of nitro groups is 1. The van der Waals surface area contributed by atoms with Crippen LogP contribution in [0.15, 0.2) is 41.0 Å². The number of hydrogen-bond donors (Lipinski definition) is 1. The van der Waals surface area contributed by atoms with Crippen LogP contribution in [-0.4, -0.2) is 21.6 Å². The lowest BCUT2D eigenvalue weighted by Gasteiger charge is -2.22. The summed E-state index contributed by atoms with van der Waals surface area (Å²) in [6, 6.07) is 9.22. The van der Waals surface area contributed by atoms with Crippen LogP contribution in [0, 0.1) is 10.1 Å². The second kappa shape index (κ2) is 6.02. The first-order chi connectivity index (χ1) is 10.6. The molecule has 1 atom stereocenters. The number of pyridine rings is 1. The predicted octanol–water partition coefficient (Wildman–Crippen LogP) is 3.20. The number of anilines is 1. The van der Waals surface area contributed by atoms with Crippen LogP contribution < -0.4 is 4.90 Å². The van der Waals surface area contributed by atoms with E-state index in [1.165, 1.54) is 12.3 Å². The molecule has 0 saturated carbocycles. The molecule has 0 bridgehead atoms. The lowest BCUT2D eigenvalue weighted by atomic mass is 10.0. The molecule has 114 valence electrons. The first kappa shape index (κ1) is 14.9. The van der Waals surface area contributed by atoms with Crippen molar-refractivity contribution in [2.75, 3.05) is 11.4 Å². The highest BCUT2D eigenvalue weighted by molar-refractivity contribution is 9.10. The summed E-state index contributed by atoms with van der Waals surface area (Å²) < 4.78 is 0.579. The Labute approximate surface area is 135 Å². The molecule has 1 aromatic heterocycles. The maximum absolute atomic E-state index is 10.8. The molecule has 0 fully saturated rings. The molecule has 1 aromatic carbocycles. The zero-order chi connectivity index (χ0) is 15.7. The highest BCUT2D eigenvalue weighted by atomic mass is 79.9. The van der Waals surface area contributed by atoms with E-state index in [9.17, 15) is 15.2 Å². The Kier molecular flexibility index (Phi) is 4.08. The van der Waals surface area contributed by atoms with Gasteiger partial charge in [0.25, 0.3) is 5.69 Å².